The largest absolute Gasteiger partial charge is 0.378 e. The monoisotopic (exact) mass is 401 g/mol. The summed E-state index contributed by atoms with van der Waals surface area (Å²) in [6.45, 7) is 4.02. The van der Waals surface area contributed by atoms with Crippen LogP contribution in [-0.4, -0.2) is 36.3 Å². The third-order valence-electron chi connectivity index (χ3n) is 4.81. The molecule has 1 aromatic heterocycles. The van der Waals surface area contributed by atoms with Crippen molar-refractivity contribution < 1.29 is 4.74 Å². The average Bonchev–Trinajstić information content (AvgIpc) is 2.80. The highest BCUT2D eigenvalue weighted by atomic mass is 16.5. The lowest BCUT2D eigenvalue weighted by molar-refractivity contribution is 0.122. The molecule has 3 N–H and O–H groups in total. The SMILES string of the molecule is N#CNc1ccc(CNc2cc(Nc3ccc(N4CCOCC4)cc3)ncn2)cc1. The number of rotatable bonds is 7. The van der Waals surface area contributed by atoms with Gasteiger partial charge in [0, 0.05) is 42.8 Å². The molecule has 0 saturated carbocycles. The molecule has 1 fully saturated rings. The molecule has 0 radical (unpaired) electrons. The zero-order chi connectivity index (χ0) is 20.6. The number of nitriles is 1. The molecule has 8 nitrogen and oxygen atoms in total. The fraction of sp³-hybridized carbons (Fsp3) is 0.227. The smallest absolute Gasteiger partial charge is 0.181 e. The number of anilines is 5. The van der Waals surface area contributed by atoms with Crippen LogP contribution in [0, 0.1) is 11.5 Å². The highest BCUT2D eigenvalue weighted by Crippen LogP contribution is 2.22. The summed E-state index contributed by atoms with van der Waals surface area (Å²) < 4.78 is 5.41. The zero-order valence-corrected chi connectivity index (χ0v) is 16.5. The van der Waals surface area contributed by atoms with Crippen molar-refractivity contribution in [1.29, 1.82) is 5.26 Å². The molecular formula is C22H23N7O. The summed E-state index contributed by atoms with van der Waals surface area (Å²) in [5.74, 6) is 1.46. The molecule has 2 aromatic carbocycles. The fourth-order valence-electron chi connectivity index (χ4n) is 3.21. The molecular weight excluding hydrogens is 378 g/mol. The van der Waals surface area contributed by atoms with E-state index in [4.69, 9.17) is 10.00 Å². The van der Waals surface area contributed by atoms with Crippen molar-refractivity contribution in [3.8, 4) is 6.19 Å². The molecule has 1 aliphatic rings. The van der Waals surface area contributed by atoms with Crippen LogP contribution in [0.4, 0.5) is 28.7 Å². The Kier molecular flexibility index (Phi) is 6.22. The van der Waals surface area contributed by atoms with E-state index >= 15 is 0 Å². The van der Waals surface area contributed by atoms with E-state index in [1.165, 1.54) is 12.0 Å². The van der Waals surface area contributed by atoms with Crippen molar-refractivity contribution in [2.75, 3.05) is 47.2 Å². The van der Waals surface area contributed by atoms with Crippen LogP contribution in [0.15, 0.2) is 60.9 Å². The van der Waals surface area contributed by atoms with Gasteiger partial charge in [0.05, 0.1) is 13.2 Å². The summed E-state index contributed by atoms with van der Waals surface area (Å²) in [6, 6.07) is 17.9. The third kappa shape index (κ3) is 5.16. The second-order valence-corrected chi connectivity index (χ2v) is 6.85. The van der Waals surface area contributed by atoms with Gasteiger partial charge in [-0.1, -0.05) is 12.1 Å². The van der Waals surface area contributed by atoms with Gasteiger partial charge in [0.25, 0.3) is 0 Å². The van der Waals surface area contributed by atoms with Gasteiger partial charge in [0.15, 0.2) is 6.19 Å². The van der Waals surface area contributed by atoms with Crippen molar-refractivity contribution in [3.05, 3.63) is 66.5 Å². The van der Waals surface area contributed by atoms with Gasteiger partial charge in [0.2, 0.25) is 0 Å². The van der Waals surface area contributed by atoms with Crippen LogP contribution < -0.4 is 20.9 Å². The predicted molar refractivity (Wildman–Crippen MR) is 118 cm³/mol. The average molecular weight is 401 g/mol. The molecule has 30 heavy (non-hydrogen) atoms. The third-order valence-corrected chi connectivity index (χ3v) is 4.81. The number of morpholine rings is 1. The topological polar surface area (TPSA) is 98.1 Å². The Balaban J connectivity index is 1.34. The number of hydrogen-bond acceptors (Lipinski definition) is 8. The van der Waals surface area contributed by atoms with Crippen molar-refractivity contribution in [1.82, 2.24) is 9.97 Å². The number of hydrogen-bond donors (Lipinski definition) is 3. The van der Waals surface area contributed by atoms with Crippen molar-refractivity contribution in [2.45, 2.75) is 6.54 Å². The number of nitrogens with one attached hydrogen (secondary N) is 3. The standard InChI is InChI=1S/C22H23N7O/c23-15-25-18-3-1-17(2-4-18)14-24-21-13-22(27-16-26-21)28-19-5-7-20(8-6-19)29-9-11-30-12-10-29/h1-8,13,16,25H,9-12,14H2,(H2,24,26,27,28). The maximum Gasteiger partial charge on any atom is 0.181 e. The Morgan fingerprint density at radius 1 is 0.933 bits per heavy atom. The Labute approximate surface area is 175 Å². The van der Waals surface area contributed by atoms with Gasteiger partial charge in [-0.3, -0.25) is 5.32 Å². The first kappa shape index (κ1) is 19.5. The van der Waals surface area contributed by atoms with E-state index in [0.29, 0.717) is 6.54 Å². The van der Waals surface area contributed by atoms with E-state index in [2.05, 4.69) is 55.1 Å². The molecule has 0 aliphatic carbocycles. The molecule has 4 rings (SSSR count). The lowest BCUT2D eigenvalue weighted by atomic mass is 10.2. The van der Waals surface area contributed by atoms with Crippen LogP contribution in [-0.2, 0) is 11.3 Å². The van der Waals surface area contributed by atoms with Gasteiger partial charge in [-0.2, -0.15) is 5.26 Å². The molecule has 0 atom stereocenters. The van der Waals surface area contributed by atoms with Crippen LogP contribution in [0.5, 0.6) is 0 Å². The maximum absolute atomic E-state index is 8.65. The Bertz CT molecular complexity index is 993. The van der Waals surface area contributed by atoms with Crippen LogP contribution in [0.25, 0.3) is 0 Å². The number of nitrogens with zero attached hydrogens (tertiary/aromatic N) is 4. The van der Waals surface area contributed by atoms with Crippen LogP contribution in [0.2, 0.25) is 0 Å². The molecule has 152 valence electrons. The first-order valence-corrected chi connectivity index (χ1v) is 9.80. The molecule has 1 saturated heterocycles. The quantitative estimate of drug-likeness (QED) is 0.408. The fourth-order valence-corrected chi connectivity index (χ4v) is 3.21. The molecule has 0 amide bonds. The Hall–Kier alpha value is -3.83. The van der Waals surface area contributed by atoms with Crippen LogP contribution in [0.3, 0.4) is 0 Å². The molecule has 3 aromatic rings. The van der Waals surface area contributed by atoms with Crippen LogP contribution in [0.1, 0.15) is 5.56 Å². The van der Waals surface area contributed by atoms with E-state index in [9.17, 15) is 0 Å². The van der Waals surface area contributed by atoms with Crippen molar-refractivity contribution >= 4 is 28.7 Å². The van der Waals surface area contributed by atoms with Crippen LogP contribution >= 0.6 is 0 Å². The first-order valence-electron chi connectivity index (χ1n) is 9.80. The second-order valence-electron chi connectivity index (χ2n) is 6.85. The van der Waals surface area contributed by atoms with E-state index in [0.717, 1.165) is 54.9 Å². The highest BCUT2D eigenvalue weighted by Gasteiger charge is 2.10. The summed E-state index contributed by atoms with van der Waals surface area (Å²) in [5, 5.41) is 17.9. The van der Waals surface area contributed by atoms with Gasteiger partial charge >= 0.3 is 0 Å². The summed E-state index contributed by atoms with van der Waals surface area (Å²) in [7, 11) is 0. The van der Waals surface area contributed by atoms with Gasteiger partial charge in [-0.15, -0.1) is 0 Å². The van der Waals surface area contributed by atoms with Crippen molar-refractivity contribution in [2.24, 2.45) is 0 Å². The number of aromatic nitrogens is 2. The van der Waals surface area contributed by atoms with E-state index in [-0.39, 0.29) is 0 Å². The number of ether oxygens (including phenoxy) is 1. The molecule has 0 bridgehead atoms. The van der Waals surface area contributed by atoms with E-state index in [1.54, 1.807) is 0 Å². The highest BCUT2D eigenvalue weighted by molar-refractivity contribution is 5.62. The molecule has 1 aliphatic heterocycles. The lowest BCUT2D eigenvalue weighted by Gasteiger charge is -2.28. The summed E-state index contributed by atoms with van der Waals surface area (Å²) in [4.78, 5) is 10.9. The van der Waals surface area contributed by atoms with Gasteiger partial charge < -0.3 is 20.3 Å². The zero-order valence-electron chi connectivity index (χ0n) is 16.5. The molecule has 8 heteroatoms. The normalized spacial score (nSPS) is 13.4. The maximum atomic E-state index is 8.65. The summed E-state index contributed by atoms with van der Waals surface area (Å²) in [5.41, 5.74) is 4.03. The summed E-state index contributed by atoms with van der Waals surface area (Å²) >= 11 is 0. The van der Waals surface area contributed by atoms with E-state index in [1.807, 2.05) is 36.5 Å². The number of benzene rings is 2. The van der Waals surface area contributed by atoms with Gasteiger partial charge in [-0.05, 0) is 42.0 Å². The predicted octanol–water partition coefficient (Wildman–Crippen LogP) is 3.56. The minimum atomic E-state index is 0.623. The summed E-state index contributed by atoms with van der Waals surface area (Å²) in [6.07, 6.45) is 3.44. The van der Waals surface area contributed by atoms with Gasteiger partial charge in [-0.25, -0.2) is 9.97 Å². The minimum absolute atomic E-state index is 0.623. The first-order chi connectivity index (χ1) is 14.8. The molecule has 2 heterocycles. The van der Waals surface area contributed by atoms with Gasteiger partial charge in [0.1, 0.15) is 18.0 Å². The van der Waals surface area contributed by atoms with Crippen molar-refractivity contribution in [3.63, 3.8) is 0 Å². The Morgan fingerprint density at radius 3 is 2.37 bits per heavy atom. The molecule has 0 spiro atoms. The second kappa shape index (κ2) is 9.58. The van der Waals surface area contributed by atoms with E-state index < -0.39 is 0 Å². The Morgan fingerprint density at radius 2 is 1.63 bits per heavy atom. The minimum Gasteiger partial charge on any atom is -0.378 e. The molecule has 0 unspecified atom stereocenters. The lowest BCUT2D eigenvalue weighted by Crippen LogP contribution is -2.36.